The number of ether oxygens (including phenoxy) is 1. The summed E-state index contributed by atoms with van der Waals surface area (Å²) in [5.74, 6) is -0.0936. The fourth-order valence-corrected chi connectivity index (χ4v) is 1.37. The van der Waals surface area contributed by atoms with Crippen molar-refractivity contribution >= 4 is 11.6 Å². The van der Waals surface area contributed by atoms with Crippen LogP contribution in [-0.2, 0) is 4.74 Å². The molecule has 0 aromatic heterocycles. The van der Waals surface area contributed by atoms with Gasteiger partial charge in [-0.15, -0.1) is 0 Å². The van der Waals surface area contributed by atoms with Gasteiger partial charge < -0.3 is 15.8 Å². The van der Waals surface area contributed by atoms with E-state index in [1.807, 2.05) is 6.92 Å². The maximum Gasteiger partial charge on any atom is 0.251 e. The first kappa shape index (κ1) is 12.5. The number of hydrogen-bond donors (Lipinski definition) is 2. The number of nitrogens with two attached hydrogens (primary N) is 1. The van der Waals surface area contributed by atoms with E-state index in [-0.39, 0.29) is 11.9 Å². The third-order valence-corrected chi connectivity index (χ3v) is 2.37. The zero-order valence-corrected chi connectivity index (χ0v) is 9.69. The Labute approximate surface area is 95.8 Å². The summed E-state index contributed by atoms with van der Waals surface area (Å²) in [6.07, 6.45) is 0.842. The molecule has 4 nitrogen and oxygen atoms in total. The molecule has 0 bridgehead atoms. The Balaban J connectivity index is 2.60. The van der Waals surface area contributed by atoms with Crippen molar-refractivity contribution in [3.8, 4) is 0 Å². The molecule has 1 unspecified atom stereocenters. The van der Waals surface area contributed by atoms with E-state index in [9.17, 15) is 4.79 Å². The molecule has 0 radical (unpaired) electrons. The number of nitrogen functional groups attached to an aromatic ring is 1. The molecule has 0 aliphatic heterocycles. The lowest BCUT2D eigenvalue weighted by Gasteiger charge is -2.15. The highest BCUT2D eigenvalue weighted by Gasteiger charge is 2.11. The first-order chi connectivity index (χ1) is 7.67. The van der Waals surface area contributed by atoms with Crippen molar-refractivity contribution in [1.29, 1.82) is 0 Å². The number of anilines is 1. The van der Waals surface area contributed by atoms with Crippen LogP contribution in [0.15, 0.2) is 24.3 Å². The van der Waals surface area contributed by atoms with E-state index in [4.69, 9.17) is 10.5 Å². The van der Waals surface area contributed by atoms with Crippen LogP contribution in [0.1, 0.15) is 23.7 Å². The van der Waals surface area contributed by atoms with Crippen LogP contribution in [0.4, 0.5) is 5.69 Å². The first-order valence-corrected chi connectivity index (χ1v) is 5.32. The summed E-state index contributed by atoms with van der Waals surface area (Å²) in [5, 5.41) is 2.90. The molecule has 3 N–H and O–H groups in total. The molecule has 0 aliphatic rings. The number of carbonyl (C=O) groups excluding carboxylic acids is 1. The Morgan fingerprint density at radius 2 is 2.06 bits per heavy atom. The van der Waals surface area contributed by atoms with E-state index < -0.39 is 0 Å². The number of methoxy groups -OCH3 is 1. The van der Waals surface area contributed by atoms with Crippen LogP contribution in [0.25, 0.3) is 0 Å². The molecule has 0 saturated carbocycles. The maximum absolute atomic E-state index is 11.8. The molecular formula is C12H18N2O2. The van der Waals surface area contributed by atoms with E-state index in [1.54, 1.807) is 31.4 Å². The van der Waals surface area contributed by atoms with Crippen molar-refractivity contribution in [2.24, 2.45) is 0 Å². The fourth-order valence-electron chi connectivity index (χ4n) is 1.37. The normalized spacial score (nSPS) is 12.1. The van der Waals surface area contributed by atoms with E-state index >= 15 is 0 Å². The minimum Gasteiger partial charge on any atom is -0.399 e. The van der Waals surface area contributed by atoms with Crippen LogP contribution in [0.2, 0.25) is 0 Å². The molecule has 1 aromatic rings. The van der Waals surface area contributed by atoms with Crippen LogP contribution >= 0.6 is 0 Å². The van der Waals surface area contributed by atoms with Gasteiger partial charge in [-0.05, 0) is 30.7 Å². The third-order valence-electron chi connectivity index (χ3n) is 2.37. The smallest absolute Gasteiger partial charge is 0.251 e. The van der Waals surface area contributed by atoms with Gasteiger partial charge in [0.2, 0.25) is 0 Å². The number of rotatable bonds is 5. The average molecular weight is 222 g/mol. The second kappa shape index (κ2) is 6.12. The predicted molar refractivity (Wildman–Crippen MR) is 64.3 cm³/mol. The van der Waals surface area contributed by atoms with Gasteiger partial charge in [0, 0.05) is 18.4 Å². The van der Waals surface area contributed by atoms with Gasteiger partial charge in [0.15, 0.2) is 0 Å². The van der Waals surface area contributed by atoms with E-state index in [2.05, 4.69) is 5.32 Å². The second-order valence-corrected chi connectivity index (χ2v) is 3.66. The van der Waals surface area contributed by atoms with Crippen LogP contribution in [0.3, 0.4) is 0 Å². The van der Waals surface area contributed by atoms with Gasteiger partial charge in [0.25, 0.3) is 5.91 Å². The number of benzene rings is 1. The van der Waals surface area contributed by atoms with Crippen molar-refractivity contribution in [2.45, 2.75) is 19.4 Å². The summed E-state index contributed by atoms with van der Waals surface area (Å²) < 4.78 is 5.02. The lowest BCUT2D eigenvalue weighted by molar-refractivity contribution is 0.0894. The lowest BCUT2D eigenvalue weighted by Crippen LogP contribution is -2.37. The molecule has 0 aliphatic carbocycles. The standard InChI is InChI=1S/C12H18N2O2/c1-3-11(8-16-2)14-12(15)9-4-6-10(13)7-5-9/h4-7,11H,3,8,13H2,1-2H3,(H,14,15). The number of carbonyl (C=O) groups is 1. The molecule has 0 spiro atoms. The summed E-state index contributed by atoms with van der Waals surface area (Å²) in [6, 6.07) is 6.90. The molecule has 1 aromatic carbocycles. The molecule has 1 amide bonds. The van der Waals surface area contributed by atoms with Gasteiger partial charge in [0.1, 0.15) is 0 Å². The fraction of sp³-hybridized carbons (Fsp3) is 0.417. The molecule has 0 saturated heterocycles. The lowest BCUT2D eigenvalue weighted by atomic mass is 10.1. The summed E-state index contributed by atoms with van der Waals surface area (Å²) in [7, 11) is 1.62. The zero-order valence-electron chi connectivity index (χ0n) is 9.69. The molecule has 1 rings (SSSR count). The summed E-state index contributed by atoms with van der Waals surface area (Å²) in [4.78, 5) is 11.8. The molecule has 1 atom stereocenters. The molecule has 0 heterocycles. The zero-order chi connectivity index (χ0) is 12.0. The Kier molecular flexibility index (Phi) is 4.79. The molecule has 4 heteroatoms. The first-order valence-electron chi connectivity index (χ1n) is 5.32. The third kappa shape index (κ3) is 3.55. The number of amides is 1. The van der Waals surface area contributed by atoms with Gasteiger partial charge in [0.05, 0.1) is 12.6 Å². The largest absolute Gasteiger partial charge is 0.399 e. The van der Waals surface area contributed by atoms with Crippen molar-refractivity contribution in [3.63, 3.8) is 0 Å². The Bertz CT molecular complexity index is 335. The van der Waals surface area contributed by atoms with Crippen molar-refractivity contribution in [2.75, 3.05) is 19.5 Å². The Morgan fingerprint density at radius 3 is 2.56 bits per heavy atom. The highest BCUT2D eigenvalue weighted by molar-refractivity contribution is 5.94. The van der Waals surface area contributed by atoms with E-state index in [0.29, 0.717) is 17.9 Å². The van der Waals surface area contributed by atoms with Crippen LogP contribution in [0, 0.1) is 0 Å². The van der Waals surface area contributed by atoms with Gasteiger partial charge in [-0.25, -0.2) is 0 Å². The van der Waals surface area contributed by atoms with E-state index in [0.717, 1.165) is 6.42 Å². The SMILES string of the molecule is CCC(COC)NC(=O)c1ccc(N)cc1. The molecule has 0 fully saturated rings. The second-order valence-electron chi connectivity index (χ2n) is 3.66. The molecule has 88 valence electrons. The van der Waals surface area contributed by atoms with Gasteiger partial charge in [-0.2, -0.15) is 0 Å². The number of nitrogens with one attached hydrogen (secondary N) is 1. The summed E-state index contributed by atoms with van der Waals surface area (Å²) >= 11 is 0. The van der Waals surface area contributed by atoms with Crippen molar-refractivity contribution in [3.05, 3.63) is 29.8 Å². The quantitative estimate of drug-likeness (QED) is 0.741. The van der Waals surface area contributed by atoms with E-state index in [1.165, 1.54) is 0 Å². The van der Waals surface area contributed by atoms with Crippen molar-refractivity contribution < 1.29 is 9.53 Å². The average Bonchev–Trinajstić information content (AvgIpc) is 2.29. The van der Waals surface area contributed by atoms with Gasteiger partial charge >= 0.3 is 0 Å². The highest BCUT2D eigenvalue weighted by atomic mass is 16.5. The monoisotopic (exact) mass is 222 g/mol. The maximum atomic E-state index is 11.8. The molecule has 16 heavy (non-hydrogen) atoms. The van der Waals surface area contributed by atoms with Crippen LogP contribution in [0.5, 0.6) is 0 Å². The minimum atomic E-state index is -0.0936. The van der Waals surface area contributed by atoms with Crippen LogP contribution < -0.4 is 11.1 Å². The summed E-state index contributed by atoms with van der Waals surface area (Å²) in [6.45, 7) is 2.53. The van der Waals surface area contributed by atoms with Gasteiger partial charge in [-0.1, -0.05) is 6.92 Å². The van der Waals surface area contributed by atoms with Gasteiger partial charge in [-0.3, -0.25) is 4.79 Å². The van der Waals surface area contributed by atoms with Crippen molar-refractivity contribution in [1.82, 2.24) is 5.32 Å². The number of hydrogen-bond acceptors (Lipinski definition) is 3. The Hall–Kier alpha value is -1.55. The predicted octanol–water partition coefficient (Wildman–Crippen LogP) is 1.42. The van der Waals surface area contributed by atoms with Crippen LogP contribution in [-0.4, -0.2) is 25.7 Å². The topological polar surface area (TPSA) is 64.3 Å². The Morgan fingerprint density at radius 1 is 1.44 bits per heavy atom. The summed E-state index contributed by atoms with van der Waals surface area (Å²) in [5.41, 5.74) is 6.82. The minimum absolute atomic E-state index is 0.0510. The molecular weight excluding hydrogens is 204 g/mol. The highest BCUT2D eigenvalue weighted by Crippen LogP contribution is 2.06.